The van der Waals surface area contributed by atoms with Crippen molar-refractivity contribution in [3.8, 4) is 0 Å². The van der Waals surface area contributed by atoms with Gasteiger partial charge >= 0.3 is 5.97 Å². The number of benzene rings is 1. The van der Waals surface area contributed by atoms with E-state index in [-0.39, 0.29) is 5.92 Å². The number of primary amides is 1. The Morgan fingerprint density at radius 3 is 2.44 bits per heavy atom. The number of allylic oxidation sites excluding steroid dienone is 1. The maximum Gasteiger partial charge on any atom is 0.311 e. The third kappa shape index (κ3) is 2.27. The zero-order chi connectivity index (χ0) is 13.1. The molecule has 0 saturated carbocycles. The van der Waals surface area contributed by atoms with Gasteiger partial charge in [0.15, 0.2) is 0 Å². The fraction of sp³-hybridized carbons (Fsp3) is 0.286. The van der Waals surface area contributed by atoms with E-state index in [1.165, 1.54) is 0 Å². The van der Waals surface area contributed by atoms with Crippen LogP contribution in [0.3, 0.4) is 0 Å². The Kier molecular flexibility index (Phi) is 3.46. The molecule has 0 bridgehead atoms. The minimum atomic E-state index is -1.00. The third-order valence-electron chi connectivity index (χ3n) is 3.40. The summed E-state index contributed by atoms with van der Waals surface area (Å²) in [7, 11) is 0. The lowest BCUT2D eigenvalue weighted by Crippen LogP contribution is -2.39. The van der Waals surface area contributed by atoms with E-state index in [4.69, 9.17) is 10.8 Å². The molecule has 0 aromatic heterocycles. The molecule has 3 unspecified atom stereocenters. The zero-order valence-corrected chi connectivity index (χ0v) is 9.82. The molecule has 0 spiro atoms. The standard InChI is InChI=1S/C14H15NO3/c15-13(16)12-10(9-5-2-1-3-6-9)7-4-8-11(12)14(17)18/h1-6,8,10-12H,7H2,(H2,15,16)(H,17,18). The zero-order valence-electron chi connectivity index (χ0n) is 9.82. The van der Waals surface area contributed by atoms with Crippen LogP contribution in [0.1, 0.15) is 17.9 Å². The smallest absolute Gasteiger partial charge is 0.311 e. The summed E-state index contributed by atoms with van der Waals surface area (Å²) >= 11 is 0. The molecule has 4 heteroatoms. The second kappa shape index (κ2) is 5.04. The summed E-state index contributed by atoms with van der Waals surface area (Å²) in [6.45, 7) is 0. The Bertz CT molecular complexity index is 481. The highest BCUT2D eigenvalue weighted by Gasteiger charge is 2.39. The van der Waals surface area contributed by atoms with Gasteiger partial charge < -0.3 is 10.8 Å². The molecule has 1 aliphatic carbocycles. The summed E-state index contributed by atoms with van der Waals surface area (Å²) in [5.41, 5.74) is 6.34. The first-order valence-electron chi connectivity index (χ1n) is 5.85. The molecule has 1 aromatic rings. The van der Waals surface area contributed by atoms with Gasteiger partial charge in [-0.25, -0.2) is 0 Å². The molecule has 0 radical (unpaired) electrons. The SMILES string of the molecule is NC(=O)C1C(C(=O)O)C=CCC1c1ccccc1. The fourth-order valence-corrected chi connectivity index (χ4v) is 2.54. The second-order valence-electron chi connectivity index (χ2n) is 4.47. The second-order valence-corrected chi connectivity index (χ2v) is 4.47. The van der Waals surface area contributed by atoms with Crippen LogP contribution in [0.15, 0.2) is 42.5 Å². The molecule has 1 amide bonds. The summed E-state index contributed by atoms with van der Waals surface area (Å²) < 4.78 is 0. The van der Waals surface area contributed by atoms with Gasteiger partial charge in [-0.05, 0) is 12.0 Å². The highest BCUT2D eigenvalue weighted by molar-refractivity contribution is 5.86. The van der Waals surface area contributed by atoms with Crippen LogP contribution in [0, 0.1) is 11.8 Å². The van der Waals surface area contributed by atoms with E-state index in [0.29, 0.717) is 6.42 Å². The van der Waals surface area contributed by atoms with Gasteiger partial charge in [0.25, 0.3) is 0 Å². The predicted octanol–water partition coefficient (Wildman–Crippen LogP) is 1.53. The van der Waals surface area contributed by atoms with Crippen LogP contribution < -0.4 is 5.73 Å². The van der Waals surface area contributed by atoms with Crippen LogP contribution in [0.5, 0.6) is 0 Å². The van der Waals surface area contributed by atoms with Gasteiger partial charge in [-0.3, -0.25) is 9.59 Å². The summed E-state index contributed by atoms with van der Waals surface area (Å²) in [5.74, 6) is -3.23. The number of amides is 1. The molecule has 18 heavy (non-hydrogen) atoms. The van der Waals surface area contributed by atoms with Crippen molar-refractivity contribution in [3.05, 3.63) is 48.0 Å². The number of carboxylic acids is 1. The number of hydrogen-bond acceptors (Lipinski definition) is 2. The maximum absolute atomic E-state index is 11.6. The number of carbonyl (C=O) groups excluding carboxylic acids is 1. The molecule has 94 valence electrons. The first-order chi connectivity index (χ1) is 8.61. The fourth-order valence-electron chi connectivity index (χ4n) is 2.54. The van der Waals surface area contributed by atoms with Gasteiger partial charge in [0, 0.05) is 5.92 Å². The minimum absolute atomic E-state index is 0.158. The van der Waals surface area contributed by atoms with E-state index < -0.39 is 23.7 Å². The van der Waals surface area contributed by atoms with E-state index in [1.54, 1.807) is 6.08 Å². The number of aliphatic carboxylic acids is 1. The Hall–Kier alpha value is -2.10. The molecule has 0 fully saturated rings. The van der Waals surface area contributed by atoms with E-state index in [2.05, 4.69) is 0 Å². The largest absolute Gasteiger partial charge is 0.481 e. The van der Waals surface area contributed by atoms with Gasteiger partial charge in [0.1, 0.15) is 0 Å². The van der Waals surface area contributed by atoms with Crippen molar-refractivity contribution >= 4 is 11.9 Å². The Morgan fingerprint density at radius 2 is 1.89 bits per heavy atom. The normalized spacial score (nSPS) is 26.8. The number of hydrogen-bond donors (Lipinski definition) is 2. The van der Waals surface area contributed by atoms with Crippen LogP contribution in [-0.2, 0) is 9.59 Å². The van der Waals surface area contributed by atoms with Gasteiger partial charge in [0.05, 0.1) is 11.8 Å². The maximum atomic E-state index is 11.6. The summed E-state index contributed by atoms with van der Waals surface area (Å²) in [6.07, 6.45) is 4.02. The summed E-state index contributed by atoms with van der Waals surface area (Å²) in [4.78, 5) is 22.8. The third-order valence-corrected chi connectivity index (χ3v) is 3.40. The van der Waals surface area contributed by atoms with Gasteiger partial charge in [-0.2, -0.15) is 0 Å². The molecule has 1 aromatic carbocycles. The minimum Gasteiger partial charge on any atom is -0.481 e. The van der Waals surface area contributed by atoms with Gasteiger partial charge in [-0.15, -0.1) is 0 Å². The van der Waals surface area contributed by atoms with E-state index in [0.717, 1.165) is 5.56 Å². The quantitative estimate of drug-likeness (QED) is 0.792. The average Bonchev–Trinajstić information content (AvgIpc) is 2.38. The average molecular weight is 245 g/mol. The molecule has 3 N–H and O–H groups in total. The van der Waals surface area contributed by atoms with Crippen LogP contribution in [0.2, 0.25) is 0 Å². The first kappa shape index (κ1) is 12.4. The lowest BCUT2D eigenvalue weighted by molar-refractivity contribution is -0.145. The molecule has 1 aliphatic rings. The van der Waals surface area contributed by atoms with Crippen LogP contribution in [0.4, 0.5) is 0 Å². The summed E-state index contributed by atoms with van der Waals surface area (Å²) in [6, 6.07) is 9.44. The van der Waals surface area contributed by atoms with E-state index >= 15 is 0 Å². The Balaban J connectivity index is 2.38. The topological polar surface area (TPSA) is 80.4 Å². The van der Waals surface area contributed by atoms with Gasteiger partial charge in [0.2, 0.25) is 5.91 Å². The Labute approximate surface area is 105 Å². The van der Waals surface area contributed by atoms with Crippen LogP contribution in [0.25, 0.3) is 0 Å². The van der Waals surface area contributed by atoms with Crippen molar-refractivity contribution in [1.29, 1.82) is 0 Å². The van der Waals surface area contributed by atoms with Gasteiger partial charge in [-0.1, -0.05) is 42.5 Å². The molecule has 3 atom stereocenters. The molecule has 0 saturated heterocycles. The molecule has 0 heterocycles. The molecule has 4 nitrogen and oxygen atoms in total. The van der Waals surface area contributed by atoms with Crippen LogP contribution >= 0.6 is 0 Å². The molecular weight excluding hydrogens is 230 g/mol. The first-order valence-corrected chi connectivity index (χ1v) is 5.85. The highest BCUT2D eigenvalue weighted by atomic mass is 16.4. The number of rotatable bonds is 3. The van der Waals surface area contributed by atoms with E-state index in [9.17, 15) is 9.59 Å². The number of carbonyl (C=O) groups is 2. The molecule has 2 rings (SSSR count). The number of carboxylic acid groups (broad SMARTS) is 1. The lowest BCUT2D eigenvalue weighted by atomic mass is 9.72. The van der Waals surface area contributed by atoms with Crippen molar-refractivity contribution in [3.63, 3.8) is 0 Å². The van der Waals surface area contributed by atoms with Crippen molar-refractivity contribution in [2.45, 2.75) is 12.3 Å². The van der Waals surface area contributed by atoms with Crippen molar-refractivity contribution < 1.29 is 14.7 Å². The van der Waals surface area contributed by atoms with Crippen LogP contribution in [-0.4, -0.2) is 17.0 Å². The predicted molar refractivity (Wildman–Crippen MR) is 66.8 cm³/mol. The number of nitrogens with two attached hydrogens (primary N) is 1. The van der Waals surface area contributed by atoms with Crippen molar-refractivity contribution in [2.24, 2.45) is 17.6 Å². The highest BCUT2D eigenvalue weighted by Crippen LogP contribution is 2.37. The Morgan fingerprint density at radius 1 is 1.22 bits per heavy atom. The molecular formula is C14H15NO3. The van der Waals surface area contributed by atoms with Crippen molar-refractivity contribution in [2.75, 3.05) is 0 Å². The van der Waals surface area contributed by atoms with Crippen molar-refractivity contribution in [1.82, 2.24) is 0 Å². The molecule has 0 aliphatic heterocycles. The monoisotopic (exact) mass is 245 g/mol. The van der Waals surface area contributed by atoms with E-state index in [1.807, 2.05) is 36.4 Å². The lowest BCUT2D eigenvalue weighted by Gasteiger charge is -2.30. The summed E-state index contributed by atoms with van der Waals surface area (Å²) in [5, 5.41) is 9.16.